The molecule has 0 spiro atoms. The van der Waals surface area contributed by atoms with Crippen molar-refractivity contribution in [3.8, 4) is 0 Å². The number of rotatable bonds is 5. The van der Waals surface area contributed by atoms with Crippen LogP contribution in [0.2, 0.25) is 0 Å². The second-order valence-electron chi connectivity index (χ2n) is 6.66. The Hall–Kier alpha value is -1.65. The van der Waals surface area contributed by atoms with Crippen LogP contribution in [0.25, 0.3) is 5.57 Å². The van der Waals surface area contributed by atoms with Crippen LogP contribution < -0.4 is 11.1 Å². The number of carbonyl (C=O) groups is 1. The molecule has 0 saturated carbocycles. The number of piperidine rings is 1. The maximum absolute atomic E-state index is 12.3. The van der Waals surface area contributed by atoms with Crippen LogP contribution in [0.3, 0.4) is 0 Å². The van der Waals surface area contributed by atoms with Crippen molar-refractivity contribution >= 4 is 17.2 Å². The van der Waals surface area contributed by atoms with Crippen LogP contribution in [0.1, 0.15) is 37.3 Å². The van der Waals surface area contributed by atoms with Crippen molar-refractivity contribution in [1.82, 2.24) is 4.90 Å². The lowest BCUT2D eigenvalue weighted by Crippen LogP contribution is -2.40. The van der Waals surface area contributed by atoms with E-state index in [4.69, 9.17) is 5.73 Å². The van der Waals surface area contributed by atoms with E-state index in [0.717, 1.165) is 51.0 Å². The molecule has 1 heterocycles. The lowest BCUT2D eigenvalue weighted by atomic mass is 9.97. The summed E-state index contributed by atoms with van der Waals surface area (Å²) in [6, 6.07) is 6.27. The van der Waals surface area contributed by atoms with E-state index in [2.05, 4.69) is 35.3 Å². The van der Waals surface area contributed by atoms with E-state index in [-0.39, 0.29) is 5.91 Å². The van der Waals surface area contributed by atoms with E-state index in [1.165, 1.54) is 16.7 Å². The number of likely N-dealkylation sites (tertiary alicyclic amines) is 1. The summed E-state index contributed by atoms with van der Waals surface area (Å²) in [5.41, 5.74) is 10.7. The molecule has 1 saturated heterocycles. The molecule has 0 bridgehead atoms. The van der Waals surface area contributed by atoms with Crippen LogP contribution in [0.5, 0.6) is 0 Å². The fraction of sp³-hybridized carbons (Fsp3) is 0.526. The van der Waals surface area contributed by atoms with E-state index >= 15 is 0 Å². The molecule has 0 atom stereocenters. The number of amides is 1. The van der Waals surface area contributed by atoms with Crippen molar-refractivity contribution in [2.24, 2.45) is 11.7 Å². The molecular weight excluding hydrogens is 286 g/mol. The first-order valence-corrected chi connectivity index (χ1v) is 8.74. The molecule has 0 radical (unpaired) electrons. The average molecular weight is 313 g/mol. The molecule has 2 aliphatic rings. The third-order valence-electron chi connectivity index (χ3n) is 5.10. The molecule has 1 aromatic carbocycles. The van der Waals surface area contributed by atoms with Gasteiger partial charge in [0.25, 0.3) is 0 Å². The van der Waals surface area contributed by atoms with Crippen LogP contribution in [0.4, 0.5) is 5.69 Å². The number of nitrogens with two attached hydrogens (primary N) is 1. The second-order valence-corrected chi connectivity index (χ2v) is 6.66. The zero-order valence-corrected chi connectivity index (χ0v) is 14.0. The lowest BCUT2D eigenvalue weighted by molar-refractivity contribution is -0.117. The van der Waals surface area contributed by atoms with Gasteiger partial charge in [-0.05, 0) is 80.1 Å². The minimum Gasteiger partial charge on any atom is -0.330 e. The number of allylic oxidation sites excluding steroid dienone is 2. The summed E-state index contributed by atoms with van der Waals surface area (Å²) >= 11 is 0. The SMILES string of the molecule is CCC1=CCc2ccc(NC(=O)CN3CCC(CN)CC3)cc21. The van der Waals surface area contributed by atoms with Crippen molar-refractivity contribution in [1.29, 1.82) is 0 Å². The maximum Gasteiger partial charge on any atom is 0.238 e. The Labute approximate surface area is 138 Å². The molecule has 0 unspecified atom stereocenters. The van der Waals surface area contributed by atoms with Crippen LogP contribution in [-0.2, 0) is 11.2 Å². The number of hydrogen-bond acceptors (Lipinski definition) is 3. The normalized spacial score (nSPS) is 18.6. The fourth-order valence-electron chi connectivity index (χ4n) is 3.59. The first-order chi connectivity index (χ1) is 11.2. The smallest absolute Gasteiger partial charge is 0.238 e. The molecular formula is C19H27N3O. The van der Waals surface area contributed by atoms with Gasteiger partial charge in [0.15, 0.2) is 0 Å². The Morgan fingerprint density at radius 3 is 2.83 bits per heavy atom. The Balaban J connectivity index is 1.56. The highest BCUT2D eigenvalue weighted by Gasteiger charge is 2.20. The first kappa shape index (κ1) is 16.2. The number of nitrogens with one attached hydrogen (secondary N) is 1. The maximum atomic E-state index is 12.3. The molecule has 3 rings (SSSR count). The molecule has 1 aliphatic heterocycles. The zero-order chi connectivity index (χ0) is 16.2. The van der Waals surface area contributed by atoms with Crippen molar-refractivity contribution in [3.05, 3.63) is 35.4 Å². The summed E-state index contributed by atoms with van der Waals surface area (Å²) in [5, 5.41) is 3.06. The zero-order valence-electron chi connectivity index (χ0n) is 14.0. The van der Waals surface area contributed by atoms with Crippen LogP contribution in [0, 0.1) is 5.92 Å². The van der Waals surface area contributed by atoms with Gasteiger partial charge in [-0.1, -0.05) is 19.1 Å². The van der Waals surface area contributed by atoms with Gasteiger partial charge in [0, 0.05) is 5.69 Å². The highest BCUT2D eigenvalue weighted by molar-refractivity contribution is 5.93. The molecule has 1 aliphatic carbocycles. The van der Waals surface area contributed by atoms with Crippen molar-refractivity contribution in [3.63, 3.8) is 0 Å². The summed E-state index contributed by atoms with van der Waals surface area (Å²) in [4.78, 5) is 14.5. The minimum absolute atomic E-state index is 0.0798. The standard InChI is InChI=1S/C19H27N3O/c1-2-15-3-4-16-5-6-17(11-18(15)16)21-19(23)13-22-9-7-14(12-20)8-10-22/h3,5-6,11,14H,2,4,7-10,12-13,20H2,1H3,(H,21,23). The van der Waals surface area contributed by atoms with Gasteiger partial charge in [-0.3, -0.25) is 9.69 Å². The summed E-state index contributed by atoms with van der Waals surface area (Å²) in [5.74, 6) is 0.710. The van der Waals surface area contributed by atoms with E-state index in [1.54, 1.807) is 0 Å². The molecule has 4 heteroatoms. The predicted octanol–water partition coefficient (Wildman–Crippen LogP) is 2.65. The summed E-state index contributed by atoms with van der Waals surface area (Å²) in [6.45, 7) is 5.37. The number of carbonyl (C=O) groups excluding carboxylic acids is 1. The Morgan fingerprint density at radius 1 is 1.35 bits per heavy atom. The molecule has 3 N–H and O–H groups in total. The number of hydrogen-bond donors (Lipinski definition) is 2. The van der Waals surface area contributed by atoms with E-state index in [1.807, 2.05) is 6.07 Å². The Morgan fingerprint density at radius 2 is 2.13 bits per heavy atom. The Kier molecular flexibility index (Phi) is 5.13. The summed E-state index contributed by atoms with van der Waals surface area (Å²) in [6.07, 6.45) is 6.56. The monoisotopic (exact) mass is 313 g/mol. The Bertz CT molecular complexity index is 601. The number of fused-ring (bicyclic) bond motifs is 1. The van der Waals surface area contributed by atoms with Crippen molar-refractivity contribution < 1.29 is 4.79 Å². The van der Waals surface area contributed by atoms with Gasteiger partial charge in [-0.25, -0.2) is 0 Å². The van der Waals surface area contributed by atoms with E-state index in [9.17, 15) is 4.79 Å². The molecule has 23 heavy (non-hydrogen) atoms. The van der Waals surface area contributed by atoms with Crippen LogP contribution in [-0.4, -0.2) is 37.0 Å². The van der Waals surface area contributed by atoms with Crippen molar-refractivity contribution in [2.45, 2.75) is 32.6 Å². The highest BCUT2D eigenvalue weighted by Crippen LogP contribution is 2.31. The molecule has 4 nitrogen and oxygen atoms in total. The predicted molar refractivity (Wildman–Crippen MR) is 95.3 cm³/mol. The van der Waals surface area contributed by atoms with Gasteiger partial charge in [0.2, 0.25) is 5.91 Å². The first-order valence-electron chi connectivity index (χ1n) is 8.74. The number of anilines is 1. The topological polar surface area (TPSA) is 58.4 Å². The molecule has 1 fully saturated rings. The van der Waals surface area contributed by atoms with Crippen LogP contribution >= 0.6 is 0 Å². The second kappa shape index (κ2) is 7.28. The molecule has 0 aromatic heterocycles. The van der Waals surface area contributed by atoms with Gasteiger partial charge in [-0.15, -0.1) is 0 Å². The van der Waals surface area contributed by atoms with Crippen molar-refractivity contribution in [2.75, 3.05) is 31.5 Å². The minimum atomic E-state index is 0.0798. The summed E-state index contributed by atoms with van der Waals surface area (Å²) in [7, 11) is 0. The summed E-state index contributed by atoms with van der Waals surface area (Å²) < 4.78 is 0. The number of benzene rings is 1. The lowest BCUT2D eigenvalue weighted by Gasteiger charge is -2.30. The van der Waals surface area contributed by atoms with E-state index < -0.39 is 0 Å². The van der Waals surface area contributed by atoms with Crippen LogP contribution in [0.15, 0.2) is 24.3 Å². The fourth-order valence-corrected chi connectivity index (χ4v) is 3.59. The van der Waals surface area contributed by atoms with Gasteiger partial charge < -0.3 is 11.1 Å². The molecule has 124 valence electrons. The third-order valence-corrected chi connectivity index (χ3v) is 5.10. The van der Waals surface area contributed by atoms with Gasteiger partial charge in [-0.2, -0.15) is 0 Å². The largest absolute Gasteiger partial charge is 0.330 e. The third kappa shape index (κ3) is 3.82. The highest BCUT2D eigenvalue weighted by atomic mass is 16.2. The molecule has 1 aromatic rings. The average Bonchev–Trinajstić information content (AvgIpc) is 2.97. The molecule has 1 amide bonds. The van der Waals surface area contributed by atoms with Gasteiger partial charge in [0.1, 0.15) is 0 Å². The van der Waals surface area contributed by atoms with Gasteiger partial charge >= 0.3 is 0 Å². The van der Waals surface area contributed by atoms with E-state index in [0.29, 0.717) is 12.5 Å². The quantitative estimate of drug-likeness (QED) is 0.878. The van der Waals surface area contributed by atoms with Gasteiger partial charge in [0.05, 0.1) is 6.54 Å². The number of nitrogens with zero attached hydrogens (tertiary/aromatic N) is 1.